The Balaban J connectivity index is 1.98. The third-order valence-electron chi connectivity index (χ3n) is 3.30. The summed E-state index contributed by atoms with van der Waals surface area (Å²) in [6.07, 6.45) is 5.03. The third kappa shape index (κ3) is 3.72. The summed E-state index contributed by atoms with van der Waals surface area (Å²) < 4.78 is 12.2. The van der Waals surface area contributed by atoms with E-state index in [4.69, 9.17) is 9.47 Å². The second-order valence-corrected chi connectivity index (χ2v) is 6.59. The second-order valence-electron chi connectivity index (χ2n) is 4.57. The lowest BCUT2D eigenvalue weighted by Gasteiger charge is -2.16. The number of hydrogen-bond donors (Lipinski definition) is 0. The minimum atomic E-state index is 0.314. The molecule has 2 atom stereocenters. The van der Waals surface area contributed by atoms with E-state index < -0.39 is 0 Å². The van der Waals surface area contributed by atoms with Crippen LogP contribution in [0.1, 0.15) is 36.1 Å². The van der Waals surface area contributed by atoms with Crippen molar-refractivity contribution in [1.82, 2.24) is 0 Å². The van der Waals surface area contributed by atoms with Gasteiger partial charge in [0.1, 0.15) is 5.75 Å². The summed E-state index contributed by atoms with van der Waals surface area (Å²) in [4.78, 5) is 0.314. The Labute approximate surface area is 125 Å². The van der Waals surface area contributed by atoms with E-state index in [9.17, 15) is 0 Å². The van der Waals surface area contributed by atoms with E-state index in [1.807, 2.05) is 12.1 Å². The Kier molecular flexibility index (Phi) is 5.52. The van der Waals surface area contributed by atoms with Crippen LogP contribution in [0.15, 0.2) is 22.7 Å². The predicted octanol–water partition coefficient (Wildman–Crippen LogP) is 4.85. The van der Waals surface area contributed by atoms with Gasteiger partial charge in [-0.3, -0.25) is 0 Å². The molecule has 0 radical (unpaired) electrons. The number of halogens is 2. The number of benzene rings is 1. The summed E-state index contributed by atoms with van der Waals surface area (Å²) in [6.45, 7) is 0.928. The molecule has 0 bridgehead atoms. The fraction of sp³-hybridized carbons (Fsp3) is 0.571. The number of rotatable bonds is 5. The fourth-order valence-corrected chi connectivity index (χ4v) is 3.31. The van der Waals surface area contributed by atoms with Crippen LogP contribution in [0.25, 0.3) is 0 Å². The van der Waals surface area contributed by atoms with Gasteiger partial charge in [0.25, 0.3) is 0 Å². The van der Waals surface area contributed by atoms with Gasteiger partial charge in [-0.1, -0.05) is 31.9 Å². The van der Waals surface area contributed by atoms with Crippen molar-refractivity contribution in [3.63, 3.8) is 0 Å². The lowest BCUT2D eigenvalue weighted by molar-refractivity contribution is 0.102. The van der Waals surface area contributed by atoms with Crippen molar-refractivity contribution in [2.24, 2.45) is 0 Å². The molecular weight excluding hydrogens is 360 g/mol. The molecule has 0 saturated carbocycles. The molecule has 1 aliphatic rings. The Morgan fingerprint density at radius 3 is 3.00 bits per heavy atom. The molecule has 2 rings (SSSR count). The first kappa shape index (κ1) is 14.4. The van der Waals surface area contributed by atoms with Gasteiger partial charge in [-0.2, -0.15) is 0 Å². The molecule has 0 amide bonds. The highest BCUT2D eigenvalue weighted by Crippen LogP contribution is 2.37. The summed E-state index contributed by atoms with van der Waals surface area (Å²) >= 11 is 7.27. The molecule has 2 nitrogen and oxygen atoms in total. The highest BCUT2D eigenvalue weighted by molar-refractivity contribution is 9.10. The van der Waals surface area contributed by atoms with Gasteiger partial charge in [-0.15, -0.1) is 0 Å². The quantitative estimate of drug-likeness (QED) is 0.682. The molecule has 18 heavy (non-hydrogen) atoms. The molecule has 1 aromatic carbocycles. The van der Waals surface area contributed by atoms with Crippen LogP contribution in [0, 0.1) is 0 Å². The molecule has 2 unspecified atom stereocenters. The van der Waals surface area contributed by atoms with Gasteiger partial charge in [0, 0.05) is 21.5 Å². The van der Waals surface area contributed by atoms with Gasteiger partial charge in [0.2, 0.25) is 0 Å². The molecule has 0 N–H and O–H groups in total. The van der Waals surface area contributed by atoms with Gasteiger partial charge in [0.15, 0.2) is 0 Å². The van der Waals surface area contributed by atoms with Crippen molar-refractivity contribution < 1.29 is 9.47 Å². The van der Waals surface area contributed by atoms with Crippen molar-refractivity contribution in [3.05, 3.63) is 28.2 Å². The first-order chi connectivity index (χ1) is 8.70. The van der Waals surface area contributed by atoms with Gasteiger partial charge in [-0.05, 0) is 43.9 Å². The maximum Gasteiger partial charge on any atom is 0.123 e. The monoisotopic (exact) mass is 376 g/mol. The van der Waals surface area contributed by atoms with Crippen LogP contribution in [-0.2, 0) is 4.74 Å². The maximum atomic E-state index is 5.66. The van der Waals surface area contributed by atoms with Crippen LogP contribution < -0.4 is 4.74 Å². The maximum absolute atomic E-state index is 5.66. The predicted molar refractivity (Wildman–Crippen MR) is 80.6 cm³/mol. The highest BCUT2D eigenvalue weighted by Gasteiger charge is 2.19. The lowest BCUT2D eigenvalue weighted by atomic mass is 10.0. The normalized spacial score (nSPS) is 20.9. The van der Waals surface area contributed by atoms with Gasteiger partial charge in [0.05, 0.1) is 13.2 Å². The molecule has 1 aliphatic heterocycles. The van der Waals surface area contributed by atoms with Gasteiger partial charge >= 0.3 is 0 Å². The van der Waals surface area contributed by atoms with Crippen LogP contribution in [0.4, 0.5) is 0 Å². The molecule has 1 aromatic rings. The van der Waals surface area contributed by atoms with Crippen LogP contribution in [0.2, 0.25) is 0 Å². The van der Waals surface area contributed by atoms with Gasteiger partial charge < -0.3 is 9.47 Å². The van der Waals surface area contributed by atoms with Crippen molar-refractivity contribution in [2.45, 2.75) is 36.6 Å². The molecule has 0 aliphatic carbocycles. The van der Waals surface area contributed by atoms with E-state index in [1.54, 1.807) is 7.11 Å². The molecule has 0 spiro atoms. The smallest absolute Gasteiger partial charge is 0.123 e. The minimum absolute atomic E-state index is 0.314. The first-order valence-corrected chi connectivity index (χ1v) is 8.00. The van der Waals surface area contributed by atoms with Crippen molar-refractivity contribution in [2.75, 3.05) is 13.7 Å². The standard InChI is InChI=1S/C14H18Br2O2/c1-17-14-7-4-10(15)9-12(14)13(16)6-5-11-3-2-8-18-11/h4,7,9,11,13H,2-3,5-6,8H2,1H3. The lowest BCUT2D eigenvalue weighted by Crippen LogP contribution is -2.06. The number of alkyl halides is 1. The molecular formula is C14H18Br2O2. The molecule has 4 heteroatoms. The van der Waals surface area contributed by atoms with Gasteiger partial charge in [-0.25, -0.2) is 0 Å². The molecule has 1 fully saturated rings. The van der Waals surface area contributed by atoms with E-state index in [-0.39, 0.29) is 0 Å². The van der Waals surface area contributed by atoms with E-state index >= 15 is 0 Å². The minimum Gasteiger partial charge on any atom is -0.496 e. The summed E-state index contributed by atoms with van der Waals surface area (Å²) in [5.74, 6) is 0.937. The van der Waals surface area contributed by atoms with Crippen LogP contribution in [0.5, 0.6) is 5.75 Å². The fourth-order valence-electron chi connectivity index (χ4n) is 2.31. The topological polar surface area (TPSA) is 18.5 Å². The van der Waals surface area contributed by atoms with E-state index in [0.717, 1.165) is 29.7 Å². The summed E-state index contributed by atoms with van der Waals surface area (Å²) in [5, 5.41) is 0. The van der Waals surface area contributed by atoms with Crippen molar-refractivity contribution in [3.8, 4) is 5.75 Å². The molecule has 0 aromatic heterocycles. The number of methoxy groups -OCH3 is 1. The zero-order valence-electron chi connectivity index (χ0n) is 10.5. The van der Waals surface area contributed by atoms with E-state index in [1.165, 1.54) is 18.4 Å². The zero-order chi connectivity index (χ0) is 13.0. The first-order valence-electron chi connectivity index (χ1n) is 6.30. The van der Waals surface area contributed by atoms with E-state index in [0.29, 0.717) is 10.9 Å². The molecule has 100 valence electrons. The van der Waals surface area contributed by atoms with E-state index in [2.05, 4.69) is 37.9 Å². The SMILES string of the molecule is COc1ccc(Br)cc1C(Br)CCC1CCCO1. The Morgan fingerprint density at radius 1 is 1.50 bits per heavy atom. The van der Waals surface area contributed by atoms with Crippen LogP contribution >= 0.6 is 31.9 Å². The van der Waals surface area contributed by atoms with Crippen molar-refractivity contribution in [1.29, 1.82) is 0 Å². The highest BCUT2D eigenvalue weighted by atomic mass is 79.9. The van der Waals surface area contributed by atoms with Crippen LogP contribution in [0.3, 0.4) is 0 Å². The van der Waals surface area contributed by atoms with Crippen LogP contribution in [-0.4, -0.2) is 19.8 Å². The Bertz CT molecular complexity index is 389. The molecule has 1 saturated heterocycles. The largest absolute Gasteiger partial charge is 0.496 e. The Morgan fingerprint density at radius 2 is 2.33 bits per heavy atom. The average molecular weight is 378 g/mol. The number of hydrogen-bond acceptors (Lipinski definition) is 2. The molecule has 1 heterocycles. The zero-order valence-corrected chi connectivity index (χ0v) is 13.7. The summed E-state index contributed by atoms with van der Waals surface area (Å²) in [6, 6.07) is 6.12. The van der Waals surface area contributed by atoms with Crippen molar-refractivity contribution >= 4 is 31.9 Å². The summed E-state index contributed by atoms with van der Waals surface area (Å²) in [5.41, 5.74) is 1.20. The third-order valence-corrected chi connectivity index (χ3v) is 4.74. The summed E-state index contributed by atoms with van der Waals surface area (Å²) in [7, 11) is 1.71. The number of ether oxygens (including phenoxy) is 2. The Hall–Kier alpha value is -0.0600. The second kappa shape index (κ2) is 6.92. The average Bonchev–Trinajstić information content (AvgIpc) is 2.89.